The van der Waals surface area contributed by atoms with Crippen LogP contribution in [0.25, 0.3) is 0 Å². The van der Waals surface area contributed by atoms with Crippen molar-refractivity contribution in [1.29, 1.82) is 0 Å². The molecule has 0 spiro atoms. The van der Waals surface area contributed by atoms with Crippen LogP contribution in [0, 0.1) is 5.92 Å². The van der Waals surface area contributed by atoms with Crippen molar-refractivity contribution in [2.45, 2.75) is 43.8 Å². The van der Waals surface area contributed by atoms with Crippen LogP contribution < -0.4 is 0 Å². The van der Waals surface area contributed by atoms with Gasteiger partial charge in [-0.15, -0.1) is 0 Å². The van der Waals surface area contributed by atoms with Crippen molar-refractivity contribution in [3.8, 4) is 0 Å². The Morgan fingerprint density at radius 2 is 1.80 bits per heavy atom. The number of hydrogen-bond donors (Lipinski definition) is 2. The summed E-state index contributed by atoms with van der Waals surface area (Å²) in [7, 11) is 0. The predicted octanol–water partition coefficient (Wildman–Crippen LogP) is 0.672. The van der Waals surface area contributed by atoms with Crippen molar-refractivity contribution in [3.05, 3.63) is 0 Å². The molecule has 58 valence electrons. The maximum atomic E-state index is 9.73. The van der Waals surface area contributed by atoms with Gasteiger partial charge in [0.15, 0.2) is 0 Å². The Kier molecular flexibility index (Phi) is 1.29. The van der Waals surface area contributed by atoms with Crippen LogP contribution >= 0.6 is 0 Å². The molecule has 0 aromatic heterocycles. The number of hydrogen-bond acceptors (Lipinski definition) is 2. The molecular weight excluding hydrogens is 128 g/mol. The molecule has 0 aliphatic heterocycles. The summed E-state index contributed by atoms with van der Waals surface area (Å²) < 4.78 is 0. The molecule has 2 heteroatoms. The van der Waals surface area contributed by atoms with Crippen molar-refractivity contribution in [2.24, 2.45) is 5.92 Å². The van der Waals surface area contributed by atoms with Crippen molar-refractivity contribution >= 4 is 0 Å². The van der Waals surface area contributed by atoms with Crippen LogP contribution in [0.3, 0.4) is 0 Å². The number of rotatable bonds is 0. The van der Waals surface area contributed by atoms with Crippen LogP contribution in [0.2, 0.25) is 0 Å². The first-order valence-electron chi connectivity index (χ1n) is 4.10. The van der Waals surface area contributed by atoms with Gasteiger partial charge in [0.1, 0.15) is 0 Å². The van der Waals surface area contributed by atoms with Gasteiger partial charge in [0.25, 0.3) is 0 Å². The fourth-order valence-corrected chi connectivity index (χ4v) is 2.32. The molecule has 3 rings (SSSR count). The van der Waals surface area contributed by atoms with Crippen LogP contribution in [-0.2, 0) is 0 Å². The minimum absolute atomic E-state index is 0.215. The Balaban J connectivity index is 2.14. The van der Waals surface area contributed by atoms with Crippen molar-refractivity contribution < 1.29 is 10.2 Å². The van der Waals surface area contributed by atoms with Gasteiger partial charge in [-0.2, -0.15) is 0 Å². The Morgan fingerprint density at radius 3 is 2.10 bits per heavy atom. The van der Waals surface area contributed by atoms with E-state index in [0.717, 1.165) is 25.7 Å². The maximum Gasteiger partial charge on any atom is 0.0672 e. The molecule has 2 nitrogen and oxygen atoms in total. The van der Waals surface area contributed by atoms with E-state index in [2.05, 4.69) is 0 Å². The molecule has 3 saturated carbocycles. The van der Waals surface area contributed by atoms with Crippen LogP contribution in [-0.4, -0.2) is 21.9 Å². The molecule has 0 heterocycles. The van der Waals surface area contributed by atoms with Gasteiger partial charge in [0, 0.05) is 6.42 Å². The predicted molar refractivity (Wildman–Crippen MR) is 37.5 cm³/mol. The molecule has 0 aromatic rings. The van der Waals surface area contributed by atoms with Gasteiger partial charge in [0.05, 0.1) is 11.7 Å². The van der Waals surface area contributed by atoms with E-state index in [9.17, 15) is 10.2 Å². The Labute approximate surface area is 60.9 Å². The summed E-state index contributed by atoms with van der Waals surface area (Å²) in [6.45, 7) is 0. The van der Waals surface area contributed by atoms with E-state index in [1.54, 1.807) is 0 Å². The zero-order valence-electron chi connectivity index (χ0n) is 6.08. The van der Waals surface area contributed by atoms with Gasteiger partial charge in [0.2, 0.25) is 0 Å². The second-order valence-corrected chi connectivity index (χ2v) is 3.83. The van der Waals surface area contributed by atoms with Gasteiger partial charge in [-0.3, -0.25) is 0 Å². The van der Waals surface area contributed by atoms with Gasteiger partial charge >= 0.3 is 0 Å². The largest absolute Gasteiger partial charge is 0.393 e. The van der Waals surface area contributed by atoms with E-state index in [0.29, 0.717) is 12.3 Å². The topological polar surface area (TPSA) is 40.5 Å². The molecule has 1 atom stereocenters. The average molecular weight is 142 g/mol. The van der Waals surface area contributed by atoms with Crippen LogP contribution in [0.4, 0.5) is 0 Å². The Hall–Kier alpha value is -0.0800. The lowest BCUT2D eigenvalue weighted by molar-refractivity contribution is -0.114. The summed E-state index contributed by atoms with van der Waals surface area (Å²) in [4.78, 5) is 0. The van der Waals surface area contributed by atoms with E-state index in [1.165, 1.54) is 0 Å². The maximum absolute atomic E-state index is 9.73. The van der Waals surface area contributed by atoms with Crippen LogP contribution in [0.1, 0.15) is 32.1 Å². The summed E-state index contributed by atoms with van der Waals surface area (Å²) >= 11 is 0. The molecule has 0 aromatic carbocycles. The molecule has 0 saturated heterocycles. The summed E-state index contributed by atoms with van der Waals surface area (Å²) in [5.41, 5.74) is -0.492. The normalized spacial score (nSPS) is 53.4. The van der Waals surface area contributed by atoms with E-state index < -0.39 is 5.60 Å². The highest BCUT2D eigenvalue weighted by Crippen LogP contribution is 2.43. The fourth-order valence-electron chi connectivity index (χ4n) is 2.32. The first-order chi connectivity index (χ1) is 4.70. The smallest absolute Gasteiger partial charge is 0.0672 e. The van der Waals surface area contributed by atoms with E-state index >= 15 is 0 Å². The van der Waals surface area contributed by atoms with E-state index in [4.69, 9.17) is 0 Å². The zero-order chi connectivity index (χ0) is 7.19. The fraction of sp³-hybridized carbons (Fsp3) is 1.00. The van der Waals surface area contributed by atoms with Crippen molar-refractivity contribution in [2.75, 3.05) is 0 Å². The lowest BCUT2D eigenvalue weighted by Gasteiger charge is -2.45. The van der Waals surface area contributed by atoms with Crippen LogP contribution in [0.5, 0.6) is 0 Å². The quantitative estimate of drug-likeness (QED) is 0.522. The summed E-state index contributed by atoms with van der Waals surface area (Å²) in [6, 6.07) is 0. The second kappa shape index (κ2) is 1.95. The van der Waals surface area contributed by atoms with E-state index in [-0.39, 0.29) is 6.10 Å². The highest BCUT2D eigenvalue weighted by atomic mass is 16.3. The first kappa shape index (κ1) is 6.62. The molecule has 3 aliphatic rings. The van der Waals surface area contributed by atoms with Gasteiger partial charge in [-0.25, -0.2) is 0 Å². The molecule has 3 aliphatic carbocycles. The molecule has 0 radical (unpaired) electrons. The second-order valence-electron chi connectivity index (χ2n) is 3.83. The zero-order valence-corrected chi connectivity index (χ0v) is 6.08. The highest BCUT2D eigenvalue weighted by Gasteiger charge is 2.43. The lowest BCUT2D eigenvalue weighted by atomic mass is 9.66. The summed E-state index contributed by atoms with van der Waals surface area (Å²) in [5.74, 6) is 0.494. The standard InChI is InChI=1S/C8H14O2/c9-7-5-8(10)3-1-6(7)2-4-8/h6-7,9-10H,1-5H2. The lowest BCUT2D eigenvalue weighted by Crippen LogP contribution is -2.47. The molecule has 10 heavy (non-hydrogen) atoms. The number of aliphatic hydroxyl groups is 2. The van der Waals surface area contributed by atoms with E-state index in [1.807, 2.05) is 0 Å². The average Bonchev–Trinajstić information content (AvgIpc) is 1.87. The highest BCUT2D eigenvalue weighted by molar-refractivity contribution is 4.96. The third-order valence-electron chi connectivity index (χ3n) is 3.09. The Morgan fingerprint density at radius 1 is 1.20 bits per heavy atom. The van der Waals surface area contributed by atoms with Crippen molar-refractivity contribution in [3.63, 3.8) is 0 Å². The molecule has 1 unspecified atom stereocenters. The number of aliphatic hydroxyl groups excluding tert-OH is 1. The first-order valence-corrected chi connectivity index (χ1v) is 4.10. The van der Waals surface area contributed by atoms with Crippen molar-refractivity contribution in [1.82, 2.24) is 0 Å². The van der Waals surface area contributed by atoms with Crippen LogP contribution in [0.15, 0.2) is 0 Å². The van der Waals surface area contributed by atoms with Gasteiger partial charge in [-0.1, -0.05) is 0 Å². The van der Waals surface area contributed by atoms with Gasteiger partial charge in [-0.05, 0) is 31.6 Å². The van der Waals surface area contributed by atoms with Gasteiger partial charge < -0.3 is 10.2 Å². The molecule has 2 N–H and O–H groups in total. The monoisotopic (exact) mass is 142 g/mol. The number of fused-ring (bicyclic) bond motifs is 3. The SMILES string of the molecule is OC1CC2(O)CCC1CC2. The minimum Gasteiger partial charge on any atom is -0.393 e. The molecule has 3 fully saturated rings. The molecule has 0 amide bonds. The Bertz CT molecular complexity index is 136. The minimum atomic E-state index is -0.492. The third kappa shape index (κ3) is 0.867. The third-order valence-corrected chi connectivity index (χ3v) is 3.09. The summed E-state index contributed by atoms with van der Waals surface area (Å²) in [6.07, 6.45) is 4.28. The summed E-state index contributed by atoms with van der Waals surface area (Å²) in [5, 5.41) is 19.1. The molecule has 2 bridgehead atoms. The molecular formula is C8H14O2.